The van der Waals surface area contributed by atoms with E-state index in [4.69, 9.17) is 14.2 Å². The molecule has 0 unspecified atom stereocenters. The first-order valence-corrected chi connectivity index (χ1v) is 11.4. The second-order valence-electron chi connectivity index (χ2n) is 7.57. The van der Waals surface area contributed by atoms with Crippen LogP contribution in [0.2, 0.25) is 0 Å². The van der Waals surface area contributed by atoms with Crippen LogP contribution in [0.5, 0.6) is 17.2 Å². The fraction of sp³-hybridized carbons (Fsp3) is 0.214. The lowest BCUT2D eigenvalue weighted by atomic mass is 10.2. The van der Waals surface area contributed by atoms with Gasteiger partial charge in [0.1, 0.15) is 19.0 Å². The molecular weight excluding hydrogens is 444 g/mol. The van der Waals surface area contributed by atoms with Crippen LogP contribution in [0.15, 0.2) is 84.9 Å². The molecule has 35 heavy (non-hydrogen) atoms. The molecule has 0 heterocycles. The van der Waals surface area contributed by atoms with Gasteiger partial charge in [0.25, 0.3) is 0 Å². The van der Waals surface area contributed by atoms with Crippen LogP contribution in [0.25, 0.3) is 6.08 Å². The van der Waals surface area contributed by atoms with Gasteiger partial charge in [0.15, 0.2) is 11.5 Å². The average molecular weight is 475 g/mol. The smallest absolute Gasteiger partial charge is 0.244 e. The molecule has 0 bridgehead atoms. The topological polar surface area (TPSA) is 85.9 Å². The third kappa shape index (κ3) is 9.25. The number of para-hydroxylation sites is 1. The molecule has 0 saturated heterocycles. The van der Waals surface area contributed by atoms with Crippen LogP contribution in [-0.4, -0.2) is 38.6 Å². The largest absolute Gasteiger partial charge is 0.493 e. The van der Waals surface area contributed by atoms with Crippen molar-refractivity contribution in [2.24, 2.45) is 0 Å². The van der Waals surface area contributed by atoms with E-state index >= 15 is 0 Å². The normalized spacial score (nSPS) is 10.5. The molecule has 0 spiro atoms. The quantitative estimate of drug-likeness (QED) is 0.289. The number of carbonyl (C=O) groups is 2. The zero-order valence-electron chi connectivity index (χ0n) is 19.7. The fourth-order valence-corrected chi connectivity index (χ4v) is 3.14. The van der Waals surface area contributed by atoms with Gasteiger partial charge in [0.05, 0.1) is 13.7 Å². The summed E-state index contributed by atoms with van der Waals surface area (Å²) < 4.78 is 16.8. The van der Waals surface area contributed by atoms with Gasteiger partial charge in [-0.05, 0) is 41.5 Å². The number of benzene rings is 3. The van der Waals surface area contributed by atoms with Gasteiger partial charge in [-0.1, -0.05) is 54.6 Å². The fourth-order valence-electron chi connectivity index (χ4n) is 3.14. The SMILES string of the molecule is COc1cc(/C=C/C(=O)NCCC(=O)NCCOc2ccccc2)ccc1OCc1ccccc1. The molecule has 7 nitrogen and oxygen atoms in total. The van der Waals surface area contributed by atoms with E-state index in [2.05, 4.69) is 10.6 Å². The van der Waals surface area contributed by atoms with Gasteiger partial charge in [-0.2, -0.15) is 0 Å². The van der Waals surface area contributed by atoms with E-state index in [0.717, 1.165) is 16.9 Å². The molecule has 182 valence electrons. The van der Waals surface area contributed by atoms with Crippen LogP contribution >= 0.6 is 0 Å². The number of rotatable bonds is 13. The maximum Gasteiger partial charge on any atom is 0.244 e. The van der Waals surface area contributed by atoms with E-state index in [-0.39, 0.29) is 24.8 Å². The molecule has 7 heteroatoms. The number of hydrogen-bond donors (Lipinski definition) is 2. The Labute approximate surface area is 205 Å². The Morgan fingerprint density at radius 2 is 1.57 bits per heavy atom. The van der Waals surface area contributed by atoms with E-state index in [1.54, 1.807) is 19.3 Å². The van der Waals surface area contributed by atoms with Crippen molar-refractivity contribution in [3.63, 3.8) is 0 Å². The van der Waals surface area contributed by atoms with Gasteiger partial charge in [0.2, 0.25) is 11.8 Å². The predicted molar refractivity (Wildman–Crippen MR) is 135 cm³/mol. The molecule has 0 radical (unpaired) electrons. The summed E-state index contributed by atoms with van der Waals surface area (Å²) in [5.74, 6) is 1.53. The Bertz CT molecular complexity index is 1100. The predicted octanol–water partition coefficient (Wildman–Crippen LogP) is 3.99. The minimum atomic E-state index is -0.284. The molecule has 0 aliphatic heterocycles. The molecule has 3 rings (SSSR count). The van der Waals surface area contributed by atoms with Crippen LogP contribution < -0.4 is 24.8 Å². The van der Waals surface area contributed by atoms with Crippen LogP contribution in [-0.2, 0) is 16.2 Å². The summed E-state index contributed by atoms with van der Waals surface area (Å²) in [7, 11) is 1.57. The molecule has 2 amide bonds. The molecule has 0 aromatic heterocycles. The summed E-state index contributed by atoms with van der Waals surface area (Å²) in [6.45, 7) is 1.45. The van der Waals surface area contributed by atoms with Crippen LogP contribution in [0.1, 0.15) is 17.5 Å². The highest BCUT2D eigenvalue weighted by Gasteiger charge is 2.06. The molecule has 3 aromatic rings. The highest BCUT2D eigenvalue weighted by molar-refractivity contribution is 5.92. The van der Waals surface area contributed by atoms with Crippen molar-refractivity contribution in [3.05, 3.63) is 96.1 Å². The van der Waals surface area contributed by atoms with Crippen LogP contribution in [0, 0.1) is 0 Å². The molecule has 0 aliphatic carbocycles. The van der Waals surface area contributed by atoms with Crippen molar-refractivity contribution in [2.75, 3.05) is 26.8 Å². The molecule has 0 fully saturated rings. The van der Waals surface area contributed by atoms with E-state index < -0.39 is 0 Å². The Balaban J connectivity index is 1.35. The lowest BCUT2D eigenvalue weighted by Crippen LogP contribution is -2.32. The van der Waals surface area contributed by atoms with E-state index in [0.29, 0.717) is 31.3 Å². The Morgan fingerprint density at radius 3 is 2.31 bits per heavy atom. The van der Waals surface area contributed by atoms with Gasteiger partial charge in [-0.25, -0.2) is 0 Å². The number of methoxy groups -OCH3 is 1. The van der Waals surface area contributed by atoms with Crippen molar-refractivity contribution in [2.45, 2.75) is 13.0 Å². The zero-order chi connectivity index (χ0) is 24.7. The summed E-state index contributed by atoms with van der Waals surface area (Å²) in [5, 5.41) is 5.47. The van der Waals surface area contributed by atoms with Crippen molar-refractivity contribution >= 4 is 17.9 Å². The second-order valence-corrected chi connectivity index (χ2v) is 7.57. The summed E-state index contributed by atoms with van der Waals surface area (Å²) in [6, 6.07) is 24.7. The van der Waals surface area contributed by atoms with Crippen molar-refractivity contribution < 1.29 is 23.8 Å². The van der Waals surface area contributed by atoms with E-state index in [1.807, 2.05) is 72.8 Å². The first-order valence-electron chi connectivity index (χ1n) is 11.4. The lowest BCUT2D eigenvalue weighted by Gasteiger charge is -2.11. The third-order valence-electron chi connectivity index (χ3n) is 4.94. The van der Waals surface area contributed by atoms with E-state index in [1.165, 1.54) is 6.08 Å². The summed E-state index contributed by atoms with van der Waals surface area (Å²) in [5.41, 5.74) is 1.85. The molecule has 0 atom stereocenters. The molecule has 2 N–H and O–H groups in total. The number of hydrogen-bond acceptors (Lipinski definition) is 5. The molecule has 3 aromatic carbocycles. The number of carbonyl (C=O) groups excluding carboxylic acids is 2. The Hall–Kier alpha value is -4.26. The lowest BCUT2D eigenvalue weighted by molar-refractivity contribution is -0.121. The van der Waals surface area contributed by atoms with Crippen LogP contribution in [0.3, 0.4) is 0 Å². The van der Waals surface area contributed by atoms with Gasteiger partial charge in [-0.3, -0.25) is 9.59 Å². The highest BCUT2D eigenvalue weighted by atomic mass is 16.5. The number of nitrogens with one attached hydrogen (secondary N) is 2. The molecule has 0 aliphatic rings. The number of amides is 2. The maximum atomic E-state index is 12.1. The molecule has 0 saturated carbocycles. The monoisotopic (exact) mass is 474 g/mol. The van der Waals surface area contributed by atoms with Crippen LogP contribution in [0.4, 0.5) is 0 Å². The van der Waals surface area contributed by atoms with Gasteiger partial charge in [-0.15, -0.1) is 0 Å². The summed E-state index contributed by atoms with van der Waals surface area (Å²) in [6.07, 6.45) is 3.29. The maximum absolute atomic E-state index is 12.1. The Morgan fingerprint density at radius 1 is 0.829 bits per heavy atom. The number of ether oxygens (including phenoxy) is 3. The van der Waals surface area contributed by atoms with Gasteiger partial charge >= 0.3 is 0 Å². The van der Waals surface area contributed by atoms with Gasteiger partial charge < -0.3 is 24.8 Å². The Kier molecular flexibility index (Phi) is 10.2. The molecular formula is C28H30N2O5. The average Bonchev–Trinajstić information content (AvgIpc) is 2.90. The van der Waals surface area contributed by atoms with Crippen molar-refractivity contribution in [1.29, 1.82) is 0 Å². The van der Waals surface area contributed by atoms with Gasteiger partial charge in [0, 0.05) is 19.0 Å². The highest BCUT2D eigenvalue weighted by Crippen LogP contribution is 2.29. The van der Waals surface area contributed by atoms with E-state index in [9.17, 15) is 9.59 Å². The van der Waals surface area contributed by atoms with Crippen molar-refractivity contribution in [1.82, 2.24) is 10.6 Å². The third-order valence-corrected chi connectivity index (χ3v) is 4.94. The first-order chi connectivity index (χ1) is 17.1. The standard InChI is InChI=1S/C28H30N2O5/c1-33-26-20-22(12-14-25(26)35-21-23-8-4-2-5-9-23)13-15-27(31)29-17-16-28(32)30-18-19-34-24-10-6-3-7-11-24/h2-15,20H,16-19,21H2,1H3,(H,29,31)(H,30,32)/b15-13+. The van der Waals surface area contributed by atoms with Crippen molar-refractivity contribution in [3.8, 4) is 17.2 Å². The second kappa shape index (κ2) is 14.1. The zero-order valence-corrected chi connectivity index (χ0v) is 19.7. The minimum Gasteiger partial charge on any atom is -0.493 e. The first kappa shape index (κ1) is 25.4. The summed E-state index contributed by atoms with van der Waals surface area (Å²) >= 11 is 0. The minimum absolute atomic E-state index is 0.151. The summed E-state index contributed by atoms with van der Waals surface area (Å²) in [4.78, 5) is 24.0.